The summed E-state index contributed by atoms with van der Waals surface area (Å²) in [5.74, 6) is 0.678. The van der Waals surface area contributed by atoms with Crippen LogP contribution in [0.3, 0.4) is 0 Å². The van der Waals surface area contributed by atoms with E-state index in [2.05, 4.69) is 15.6 Å². The second-order valence-corrected chi connectivity index (χ2v) is 9.07. The molecular weight excluding hydrogens is 298 g/mol. The van der Waals surface area contributed by atoms with Crippen molar-refractivity contribution in [3.63, 3.8) is 0 Å². The number of hydrogen-bond donors (Lipinski definition) is 2. The molecule has 0 spiro atoms. The average Bonchev–Trinajstić information content (AvgIpc) is 2.45. The van der Waals surface area contributed by atoms with E-state index < -0.39 is 14.6 Å². The maximum absolute atomic E-state index is 12.1. The first-order chi connectivity index (χ1) is 10.2. The molecule has 0 aliphatic heterocycles. The number of rotatable bonds is 5. The summed E-state index contributed by atoms with van der Waals surface area (Å²) >= 11 is 0. The smallest absolute Gasteiger partial charge is 0.191 e. The second-order valence-electron chi connectivity index (χ2n) is 6.21. The Morgan fingerprint density at radius 1 is 1.23 bits per heavy atom. The van der Waals surface area contributed by atoms with Gasteiger partial charge >= 0.3 is 0 Å². The third kappa shape index (κ3) is 5.33. The molecule has 1 atom stereocenters. The summed E-state index contributed by atoms with van der Waals surface area (Å²) in [5, 5.41) is 6.31. The number of hydrogen-bond acceptors (Lipinski definition) is 3. The van der Waals surface area contributed by atoms with Crippen molar-refractivity contribution in [2.45, 2.75) is 38.5 Å². The van der Waals surface area contributed by atoms with E-state index in [1.165, 1.54) is 0 Å². The van der Waals surface area contributed by atoms with Gasteiger partial charge in [-0.1, -0.05) is 30.3 Å². The summed E-state index contributed by atoms with van der Waals surface area (Å²) in [4.78, 5) is 4.13. The third-order valence-corrected chi connectivity index (χ3v) is 6.08. The van der Waals surface area contributed by atoms with Gasteiger partial charge in [0.05, 0.1) is 16.5 Å². The molecule has 0 aliphatic rings. The molecule has 2 N–H and O–H groups in total. The van der Waals surface area contributed by atoms with Crippen LogP contribution in [0.2, 0.25) is 0 Å². The van der Waals surface area contributed by atoms with Gasteiger partial charge in [0, 0.05) is 13.6 Å². The normalized spacial score (nSPS) is 14.5. The topological polar surface area (TPSA) is 70.6 Å². The highest BCUT2D eigenvalue weighted by Crippen LogP contribution is 2.15. The average molecular weight is 325 g/mol. The Balaban J connectivity index is 2.54. The van der Waals surface area contributed by atoms with E-state index in [9.17, 15) is 8.42 Å². The standard InChI is InChI=1S/C16H27N3O2S/c1-13(14-9-7-6-8-10-14)19-15(17-5)18-11-12-22(20,21)16(2,3)4/h6-10,13H,11-12H2,1-5H3,(H2,17,18,19). The molecular formula is C16H27N3O2S. The Bertz CT molecular complexity index is 590. The summed E-state index contributed by atoms with van der Waals surface area (Å²) in [5.41, 5.74) is 1.15. The first-order valence-corrected chi connectivity index (χ1v) is 9.07. The minimum absolute atomic E-state index is 0.0803. The fourth-order valence-electron chi connectivity index (χ4n) is 1.83. The zero-order valence-corrected chi connectivity index (χ0v) is 14.9. The van der Waals surface area contributed by atoms with Crippen LogP contribution >= 0.6 is 0 Å². The van der Waals surface area contributed by atoms with E-state index in [0.29, 0.717) is 12.5 Å². The quantitative estimate of drug-likeness (QED) is 0.643. The fourth-order valence-corrected chi connectivity index (χ4v) is 2.82. The van der Waals surface area contributed by atoms with Crippen molar-refractivity contribution in [2.75, 3.05) is 19.3 Å². The molecule has 0 amide bonds. The molecule has 0 fully saturated rings. The molecule has 0 aromatic heterocycles. The number of nitrogens with zero attached hydrogens (tertiary/aromatic N) is 1. The van der Waals surface area contributed by atoms with Gasteiger partial charge in [-0.3, -0.25) is 4.99 Å². The second kappa shape index (κ2) is 7.63. The molecule has 1 rings (SSSR count). The summed E-state index contributed by atoms with van der Waals surface area (Å²) in [6.07, 6.45) is 0. The fraction of sp³-hybridized carbons (Fsp3) is 0.562. The van der Waals surface area contributed by atoms with Gasteiger partial charge in [0.2, 0.25) is 0 Å². The van der Waals surface area contributed by atoms with E-state index in [-0.39, 0.29) is 11.8 Å². The SMILES string of the molecule is CN=C(NCCS(=O)(=O)C(C)(C)C)NC(C)c1ccccc1. The molecule has 0 aliphatic carbocycles. The van der Waals surface area contributed by atoms with Gasteiger partial charge in [-0.05, 0) is 33.3 Å². The maximum atomic E-state index is 12.1. The molecule has 0 radical (unpaired) electrons. The van der Waals surface area contributed by atoms with Gasteiger partial charge in [-0.25, -0.2) is 8.42 Å². The van der Waals surface area contributed by atoms with E-state index in [1.807, 2.05) is 37.3 Å². The number of guanidine groups is 1. The lowest BCUT2D eigenvalue weighted by Gasteiger charge is -2.21. The largest absolute Gasteiger partial charge is 0.355 e. The zero-order valence-electron chi connectivity index (χ0n) is 14.1. The van der Waals surface area contributed by atoms with Crippen LogP contribution in [0.5, 0.6) is 0 Å². The van der Waals surface area contributed by atoms with Gasteiger partial charge in [0.15, 0.2) is 15.8 Å². The first kappa shape index (κ1) is 18.5. The Morgan fingerprint density at radius 2 is 1.82 bits per heavy atom. The van der Waals surface area contributed by atoms with Crippen molar-refractivity contribution < 1.29 is 8.42 Å². The molecule has 22 heavy (non-hydrogen) atoms. The minimum atomic E-state index is -3.13. The van der Waals surface area contributed by atoms with Crippen molar-refractivity contribution in [1.29, 1.82) is 0 Å². The van der Waals surface area contributed by atoms with Crippen molar-refractivity contribution in [1.82, 2.24) is 10.6 Å². The highest BCUT2D eigenvalue weighted by atomic mass is 32.2. The van der Waals surface area contributed by atoms with Crippen LogP contribution in [0.1, 0.15) is 39.3 Å². The Labute approximate surface area is 134 Å². The number of nitrogens with one attached hydrogen (secondary N) is 2. The van der Waals surface area contributed by atoms with Crippen LogP contribution in [0.15, 0.2) is 35.3 Å². The van der Waals surface area contributed by atoms with Crippen LogP contribution in [0.25, 0.3) is 0 Å². The minimum Gasteiger partial charge on any atom is -0.355 e. The summed E-state index contributed by atoms with van der Waals surface area (Å²) in [6.45, 7) is 7.52. The van der Waals surface area contributed by atoms with E-state index in [0.717, 1.165) is 5.56 Å². The lowest BCUT2D eigenvalue weighted by atomic mass is 10.1. The van der Waals surface area contributed by atoms with Gasteiger partial charge in [0.25, 0.3) is 0 Å². The number of sulfone groups is 1. The molecule has 1 unspecified atom stereocenters. The zero-order chi connectivity index (χ0) is 16.8. The highest BCUT2D eigenvalue weighted by molar-refractivity contribution is 7.92. The predicted octanol–water partition coefficient (Wildman–Crippen LogP) is 2.13. The van der Waals surface area contributed by atoms with Crippen LogP contribution in [0.4, 0.5) is 0 Å². The van der Waals surface area contributed by atoms with Crippen LogP contribution in [-0.4, -0.2) is 38.5 Å². The molecule has 5 nitrogen and oxygen atoms in total. The van der Waals surface area contributed by atoms with E-state index in [4.69, 9.17) is 0 Å². The lowest BCUT2D eigenvalue weighted by Crippen LogP contribution is -2.42. The van der Waals surface area contributed by atoms with Crippen molar-refractivity contribution in [3.05, 3.63) is 35.9 Å². The van der Waals surface area contributed by atoms with E-state index in [1.54, 1.807) is 27.8 Å². The molecule has 0 bridgehead atoms. The first-order valence-electron chi connectivity index (χ1n) is 7.42. The highest BCUT2D eigenvalue weighted by Gasteiger charge is 2.28. The number of benzene rings is 1. The lowest BCUT2D eigenvalue weighted by molar-refractivity contribution is 0.558. The Kier molecular flexibility index (Phi) is 6.41. The van der Waals surface area contributed by atoms with Crippen molar-refractivity contribution in [3.8, 4) is 0 Å². The Hall–Kier alpha value is -1.56. The van der Waals surface area contributed by atoms with Crippen molar-refractivity contribution in [2.24, 2.45) is 4.99 Å². The van der Waals surface area contributed by atoms with Crippen LogP contribution in [-0.2, 0) is 9.84 Å². The molecule has 0 saturated carbocycles. The van der Waals surface area contributed by atoms with Gasteiger partial charge in [-0.15, -0.1) is 0 Å². The van der Waals surface area contributed by atoms with Crippen molar-refractivity contribution >= 4 is 15.8 Å². The molecule has 0 saturated heterocycles. The molecule has 124 valence electrons. The Morgan fingerprint density at radius 3 is 2.32 bits per heavy atom. The summed E-state index contributed by atoms with van der Waals surface area (Å²) in [6, 6.07) is 10.1. The predicted molar refractivity (Wildman–Crippen MR) is 92.9 cm³/mol. The third-order valence-electron chi connectivity index (χ3n) is 3.47. The van der Waals surface area contributed by atoms with Gasteiger partial charge in [0.1, 0.15) is 0 Å². The number of aliphatic imine (C=N–C) groups is 1. The van der Waals surface area contributed by atoms with Crippen LogP contribution < -0.4 is 10.6 Å². The molecule has 1 aromatic rings. The molecule has 0 heterocycles. The van der Waals surface area contributed by atoms with Gasteiger partial charge < -0.3 is 10.6 Å². The van der Waals surface area contributed by atoms with E-state index >= 15 is 0 Å². The molecule has 1 aromatic carbocycles. The van der Waals surface area contributed by atoms with Gasteiger partial charge in [-0.2, -0.15) is 0 Å². The summed E-state index contributed by atoms with van der Waals surface area (Å²) in [7, 11) is -1.46. The maximum Gasteiger partial charge on any atom is 0.191 e. The summed E-state index contributed by atoms with van der Waals surface area (Å²) < 4.78 is 23.4. The van der Waals surface area contributed by atoms with Crippen LogP contribution in [0, 0.1) is 0 Å². The molecule has 6 heteroatoms. The monoisotopic (exact) mass is 325 g/mol.